The van der Waals surface area contributed by atoms with Crippen LogP contribution in [0.15, 0.2) is 28.6 Å². The van der Waals surface area contributed by atoms with Crippen molar-refractivity contribution in [1.82, 2.24) is 0 Å². The van der Waals surface area contributed by atoms with E-state index in [2.05, 4.69) is 10.0 Å². The summed E-state index contributed by atoms with van der Waals surface area (Å²) in [5.41, 5.74) is 11.1. The number of aliphatic hydroxyl groups is 3. The predicted molar refractivity (Wildman–Crippen MR) is 99.5 cm³/mol. The second kappa shape index (κ2) is 6.56. The van der Waals surface area contributed by atoms with E-state index in [1.807, 2.05) is 0 Å². The molecule has 6 N–H and O–H groups in total. The Morgan fingerprint density at radius 3 is 2.60 bits per heavy atom. The number of nitrogens with zero attached hydrogens (tertiary/aromatic N) is 3. The number of phenols is 1. The largest absolute Gasteiger partial charge is 0.508 e. The van der Waals surface area contributed by atoms with Gasteiger partial charge in [-0.15, -0.1) is 0 Å². The van der Waals surface area contributed by atoms with Crippen LogP contribution in [0.5, 0.6) is 5.75 Å². The Hall–Kier alpha value is -3.40. The second-order valence-electron chi connectivity index (χ2n) is 7.92. The molecule has 3 aliphatic rings. The van der Waals surface area contributed by atoms with Crippen molar-refractivity contribution in [3.8, 4) is 5.75 Å². The average Bonchev–Trinajstić information content (AvgIpc) is 2.66. The van der Waals surface area contributed by atoms with E-state index in [1.54, 1.807) is 0 Å². The molecule has 1 amide bonds. The molecule has 0 heterocycles. The molecular formula is C19H18N4O7. The molecule has 3 aliphatic carbocycles. The van der Waals surface area contributed by atoms with Crippen LogP contribution in [0.25, 0.3) is 10.4 Å². The summed E-state index contributed by atoms with van der Waals surface area (Å²) in [5, 5.41) is 46.5. The minimum absolute atomic E-state index is 0.0661. The third kappa shape index (κ3) is 2.46. The first-order chi connectivity index (χ1) is 14.1. The lowest BCUT2D eigenvalue weighted by Gasteiger charge is -2.52. The first-order valence-corrected chi connectivity index (χ1v) is 9.24. The lowest BCUT2D eigenvalue weighted by atomic mass is 9.55. The highest BCUT2D eigenvalue weighted by Crippen LogP contribution is 2.53. The van der Waals surface area contributed by atoms with Crippen LogP contribution in [0.2, 0.25) is 0 Å². The minimum Gasteiger partial charge on any atom is -0.508 e. The van der Waals surface area contributed by atoms with Gasteiger partial charge in [0.15, 0.2) is 17.2 Å². The van der Waals surface area contributed by atoms with Crippen LogP contribution in [0.4, 0.5) is 5.69 Å². The first kappa shape index (κ1) is 19.9. The number of hydrogen-bond donors (Lipinski definition) is 5. The highest BCUT2D eigenvalue weighted by atomic mass is 16.4. The fourth-order valence-electron chi connectivity index (χ4n) is 5.19. The molecule has 11 nitrogen and oxygen atoms in total. The molecule has 0 aromatic heterocycles. The van der Waals surface area contributed by atoms with Gasteiger partial charge in [0.25, 0.3) is 5.91 Å². The van der Waals surface area contributed by atoms with E-state index in [4.69, 9.17) is 11.3 Å². The van der Waals surface area contributed by atoms with Gasteiger partial charge in [0.05, 0.1) is 11.5 Å². The van der Waals surface area contributed by atoms with Crippen molar-refractivity contribution < 1.29 is 34.8 Å². The number of hydrogen-bond acceptors (Lipinski definition) is 8. The number of fused-ring (bicyclic) bond motifs is 3. The molecule has 5 unspecified atom stereocenters. The number of phenolic OH excluding ortho intramolecular Hbond substituents is 1. The Morgan fingerprint density at radius 2 is 1.97 bits per heavy atom. The molecule has 156 valence electrons. The van der Waals surface area contributed by atoms with Gasteiger partial charge in [0, 0.05) is 22.9 Å². The summed E-state index contributed by atoms with van der Waals surface area (Å²) in [5.74, 6) is -6.84. The van der Waals surface area contributed by atoms with E-state index in [0.29, 0.717) is 5.56 Å². The highest BCUT2D eigenvalue weighted by Gasteiger charge is 2.62. The van der Waals surface area contributed by atoms with Gasteiger partial charge in [0.1, 0.15) is 23.2 Å². The zero-order valence-electron chi connectivity index (χ0n) is 15.5. The number of aliphatic hydroxyl groups excluding tert-OH is 2. The fraction of sp³-hybridized carbons (Fsp3) is 0.421. The lowest BCUT2D eigenvalue weighted by Crippen LogP contribution is -2.64. The third-order valence-corrected chi connectivity index (χ3v) is 6.52. The van der Waals surface area contributed by atoms with Crippen molar-refractivity contribution in [2.45, 2.75) is 31.0 Å². The normalized spacial score (nSPS) is 32.6. The number of carbonyl (C=O) groups excluding carboxylic acids is 3. The van der Waals surface area contributed by atoms with Gasteiger partial charge in [-0.25, -0.2) is 0 Å². The Morgan fingerprint density at radius 1 is 1.27 bits per heavy atom. The van der Waals surface area contributed by atoms with E-state index in [1.165, 1.54) is 12.1 Å². The van der Waals surface area contributed by atoms with Gasteiger partial charge in [0.2, 0.25) is 0 Å². The fourth-order valence-corrected chi connectivity index (χ4v) is 5.19. The molecule has 1 aromatic rings. The molecule has 0 saturated heterocycles. The van der Waals surface area contributed by atoms with Gasteiger partial charge < -0.3 is 26.2 Å². The lowest BCUT2D eigenvalue weighted by molar-refractivity contribution is -0.170. The Balaban J connectivity index is 1.87. The van der Waals surface area contributed by atoms with Crippen molar-refractivity contribution in [1.29, 1.82) is 0 Å². The maximum Gasteiger partial charge on any atom is 0.255 e. The molecule has 0 radical (unpaired) electrons. The standard InChI is InChI=1S/C19H18N4O7/c20-18(29)14-11(25)5-7-3-6-4-8-9(22-23-21)1-2-10(24)13(8)15(26)12(6)16(27)19(7,30)17(14)28/h1-2,6-7,12,16,24,27-28,30H,3-5H2,(H2,20,29). The minimum atomic E-state index is -2.41. The van der Waals surface area contributed by atoms with Crippen LogP contribution in [-0.4, -0.2) is 49.6 Å². The molecule has 1 aromatic carbocycles. The van der Waals surface area contributed by atoms with Crippen LogP contribution < -0.4 is 5.73 Å². The monoisotopic (exact) mass is 414 g/mol. The number of benzene rings is 1. The summed E-state index contributed by atoms with van der Waals surface area (Å²) in [7, 11) is 0. The van der Waals surface area contributed by atoms with Gasteiger partial charge in [-0.05, 0) is 42.0 Å². The summed E-state index contributed by atoms with van der Waals surface area (Å²) < 4.78 is 0. The Kier molecular flexibility index (Phi) is 4.35. The number of Topliss-reactive ketones (excluding diaryl/α,β-unsaturated/α-hetero) is 2. The Bertz CT molecular complexity index is 1090. The smallest absolute Gasteiger partial charge is 0.255 e. The number of nitrogens with two attached hydrogens (primary N) is 1. The number of aromatic hydroxyl groups is 1. The molecule has 1 saturated carbocycles. The SMILES string of the molecule is [N-]=[N+]=Nc1ccc(O)c2c1CC1CC3CC(=O)C(C(N)=O)=C(O)C3(O)C(O)C1C2=O. The van der Waals surface area contributed by atoms with E-state index in [9.17, 15) is 34.8 Å². The van der Waals surface area contributed by atoms with Crippen molar-refractivity contribution in [3.63, 3.8) is 0 Å². The molecule has 1 fully saturated rings. The van der Waals surface area contributed by atoms with Crippen molar-refractivity contribution in [2.24, 2.45) is 28.6 Å². The number of carbonyl (C=O) groups is 3. The molecule has 4 rings (SSSR count). The summed E-state index contributed by atoms with van der Waals surface area (Å²) in [4.78, 5) is 39.8. The average molecular weight is 414 g/mol. The number of ketones is 2. The van der Waals surface area contributed by atoms with Crippen LogP contribution in [0, 0.1) is 17.8 Å². The maximum atomic E-state index is 13.2. The zero-order chi connectivity index (χ0) is 22.0. The molecule has 0 spiro atoms. The van der Waals surface area contributed by atoms with Crippen molar-refractivity contribution >= 4 is 23.2 Å². The summed E-state index contributed by atoms with van der Waals surface area (Å²) in [6.45, 7) is 0. The van der Waals surface area contributed by atoms with E-state index >= 15 is 0 Å². The topological polar surface area (TPSA) is 207 Å². The van der Waals surface area contributed by atoms with Gasteiger partial charge in [-0.3, -0.25) is 14.4 Å². The van der Waals surface area contributed by atoms with Gasteiger partial charge in [-0.2, -0.15) is 0 Å². The third-order valence-electron chi connectivity index (χ3n) is 6.52. The second-order valence-corrected chi connectivity index (χ2v) is 7.92. The summed E-state index contributed by atoms with van der Waals surface area (Å²) in [6, 6.07) is 2.56. The molecule has 5 atom stereocenters. The van der Waals surface area contributed by atoms with E-state index in [-0.39, 0.29) is 36.3 Å². The first-order valence-electron chi connectivity index (χ1n) is 9.24. The number of azide groups is 1. The predicted octanol–water partition coefficient (Wildman–Crippen LogP) is 0.687. The molecule has 0 bridgehead atoms. The molecule has 30 heavy (non-hydrogen) atoms. The summed E-state index contributed by atoms with van der Waals surface area (Å²) >= 11 is 0. The van der Waals surface area contributed by atoms with E-state index < -0.39 is 58.3 Å². The van der Waals surface area contributed by atoms with Crippen LogP contribution >= 0.6 is 0 Å². The zero-order valence-corrected chi connectivity index (χ0v) is 15.5. The number of amides is 1. The van der Waals surface area contributed by atoms with Crippen LogP contribution in [0.1, 0.15) is 28.8 Å². The highest BCUT2D eigenvalue weighted by molar-refractivity contribution is 6.20. The molecule has 11 heteroatoms. The quantitative estimate of drug-likeness (QED) is 0.202. The number of rotatable bonds is 2. The number of primary amides is 1. The molecular weight excluding hydrogens is 396 g/mol. The van der Waals surface area contributed by atoms with E-state index in [0.717, 1.165) is 0 Å². The van der Waals surface area contributed by atoms with Crippen LogP contribution in [-0.2, 0) is 16.0 Å². The van der Waals surface area contributed by atoms with Gasteiger partial charge >= 0.3 is 0 Å². The van der Waals surface area contributed by atoms with Crippen molar-refractivity contribution in [2.75, 3.05) is 0 Å². The summed E-state index contributed by atoms with van der Waals surface area (Å²) in [6.07, 6.45) is -1.99. The van der Waals surface area contributed by atoms with Crippen molar-refractivity contribution in [3.05, 3.63) is 45.0 Å². The Labute approximate surface area is 169 Å². The van der Waals surface area contributed by atoms with Crippen LogP contribution in [0.3, 0.4) is 0 Å². The maximum absolute atomic E-state index is 13.2. The molecule has 0 aliphatic heterocycles. The van der Waals surface area contributed by atoms with Gasteiger partial charge in [-0.1, -0.05) is 5.11 Å².